The van der Waals surface area contributed by atoms with E-state index in [0.717, 1.165) is 33.3 Å². The first-order valence-electron chi connectivity index (χ1n) is 10.9. The molecule has 184 valence electrons. The molecule has 5 rings (SSSR count). The number of halogens is 3. The molecule has 3 N–H and O–H groups in total. The average molecular weight is 513 g/mol. The summed E-state index contributed by atoms with van der Waals surface area (Å²) in [7, 11) is 0. The number of anilines is 2. The number of benzene rings is 2. The van der Waals surface area contributed by atoms with Crippen molar-refractivity contribution in [2.75, 3.05) is 17.2 Å². The first-order valence-corrected chi connectivity index (χ1v) is 11.7. The number of rotatable bonds is 4. The zero-order valence-electron chi connectivity index (χ0n) is 18.8. The Balaban J connectivity index is 1.60. The maximum atomic E-state index is 12.8. The number of thiophene rings is 1. The van der Waals surface area contributed by atoms with Crippen molar-refractivity contribution in [3.8, 4) is 17.0 Å². The highest BCUT2D eigenvalue weighted by molar-refractivity contribution is 7.21. The molecule has 0 aliphatic carbocycles. The van der Waals surface area contributed by atoms with Gasteiger partial charge < -0.3 is 20.7 Å². The van der Waals surface area contributed by atoms with Crippen LogP contribution in [0.3, 0.4) is 0 Å². The van der Waals surface area contributed by atoms with Gasteiger partial charge >= 0.3 is 6.36 Å². The van der Waals surface area contributed by atoms with E-state index in [2.05, 4.69) is 27.3 Å². The average Bonchev–Trinajstić information content (AvgIpc) is 3.15. The Morgan fingerprint density at radius 2 is 2.06 bits per heavy atom. The second-order valence-corrected chi connectivity index (χ2v) is 9.27. The van der Waals surface area contributed by atoms with E-state index in [1.54, 1.807) is 6.07 Å². The number of nitrogens with zero attached hydrogens (tertiary/aromatic N) is 1. The third kappa shape index (κ3) is 4.44. The Morgan fingerprint density at radius 3 is 2.81 bits per heavy atom. The minimum atomic E-state index is -4.93. The van der Waals surface area contributed by atoms with Gasteiger partial charge in [-0.05, 0) is 55.5 Å². The minimum Gasteiger partial charge on any atom is -0.404 e. The van der Waals surface area contributed by atoms with Crippen LogP contribution in [0.25, 0.3) is 32.2 Å². The third-order valence-corrected chi connectivity index (χ3v) is 6.79. The number of aromatic nitrogens is 1. The molecule has 7 nitrogen and oxygen atoms in total. The van der Waals surface area contributed by atoms with Crippen molar-refractivity contribution in [3.63, 3.8) is 0 Å². The summed E-state index contributed by atoms with van der Waals surface area (Å²) in [5.74, 6) is -1.36. The zero-order valence-corrected chi connectivity index (χ0v) is 19.6. The van der Waals surface area contributed by atoms with E-state index >= 15 is 0 Å². The van der Waals surface area contributed by atoms with Crippen LogP contribution in [-0.2, 0) is 4.79 Å². The summed E-state index contributed by atoms with van der Waals surface area (Å²) >= 11 is 1.40. The summed E-state index contributed by atoms with van der Waals surface area (Å²) in [6.45, 7) is 5.83. The van der Waals surface area contributed by atoms with Gasteiger partial charge in [0.05, 0.1) is 22.6 Å². The molecule has 0 spiro atoms. The summed E-state index contributed by atoms with van der Waals surface area (Å²) in [5, 5.41) is 10.4. The summed E-state index contributed by atoms with van der Waals surface area (Å²) in [5.41, 5.74) is 2.20. The lowest BCUT2D eigenvalue weighted by atomic mass is 10.1. The molecule has 36 heavy (non-hydrogen) atoms. The first kappa shape index (κ1) is 23.6. The van der Waals surface area contributed by atoms with Gasteiger partial charge in [0.25, 0.3) is 5.91 Å². The van der Waals surface area contributed by atoms with E-state index in [4.69, 9.17) is 4.98 Å². The molecular weight excluding hydrogens is 493 g/mol. The van der Waals surface area contributed by atoms with Crippen LogP contribution in [0, 0.1) is 0 Å². The second kappa shape index (κ2) is 8.83. The van der Waals surface area contributed by atoms with E-state index in [0.29, 0.717) is 28.2 Å². The molecule has 0 fully saturated rings. The zero-order chi connectivity index (χ0) is 25.6. The lowest BCUT2D eigenvalue weighted by Crippen LogP contribution is -2.34. The number of amides is 2. The molecule has 2 aromatic carbocycles. The molecule has 0 saturated carbocycles. The van der Waals surface area contributed by atoms with Gasteiger partial charge in [-0.25, -0.2) is 4.98 Å². The van der Waals surface area contributed by atoms with E-state index in [1.165, 1.54) is 23.5 Å². The third-order valence-electron chi connectivity index (χ3n) is 5.64. The molecule has 4 aromatic rings. The van der Waals surface area contributed by atoms with E-state index in [9.17, 15) is 22.8 Å². The van der Waals surface area contributed by atoms with Crippen LogP contribution in [-0.4, -0.2) is 35.7 Å². The Kier molecular flexibility index (Phi) is 5.79. The maximum absolute atomic E-state index is 12.8. The van der Waals surface area contributed by atoms with Crippen molar-refractivity contribution in [1.82, 2.24) is 10.3 Å². The normalized spacial score (nSPS) is 15.6. The number of nitrogens with one attached hydrogen (secondary N) is 3. The predicted molar refractivity (Wildman–Crippen MR) is 133 cm³/mol. The molecule has 0 radical (unpaired) electrons. The van der Waals surface area contributed by atoms with Crippen LogP contribution in [0.15, 0.2) is 55.1 Å². The number of alkyl halides is 3. The van der Waals surface area contributed by atoms with Crippen molar-refractivity contribution in [2.45, 2.75) is 19.3 Å². The van der Waals surface area contributed by atoms with Gasteiger partial charge in [-0.3, -0.25) is 9.59 Å². The molecule has 0 saturated heterocycles. The van der Waals surface area contributed by atoms with Crippen molar-refractivity contribution in [3.05, 3.63) is 60.0 Å². The number of hydrogen-bond donors (Lipinski definition) is 3. The van der Waals surface area contributed by atoms with Crippen molar-refractivity contribution >= 4 is 55.5 Å². The van der Waals surface area contributed by atoms with Crippen molar-refractivity contribution in [2.24, 2.45) is 0 Å². The Hall–Kier alpha value is -4.12. The molecule has 2 amide bonds. The summed E-state index contributed by atoms with van der Waals surface area (Å²) < 4.78 is 43.5. The molecule has 3 heterocycles. The van der Waals surface area contributed by atoms with Crippen LogP contribution < -0.4 is 20.7 Å². The van der Waals surface area contributed by atoms with Crippen LogP contribution in [0.4, 0.5) is 24.5 Å². The van der Waals surface area contributed by atoms with Gasteiger partial charge in [0.15, 0.2) is 5.75 Å². The smallest absolute Gasteiger partial charge is 0.404 e. The van der Waals surface area contributed by atoms with Gasteiger partial charge in [0.2, 0.25) is 5.91 Å². The van der Waals surface area contributed by atoms with Crippen LogP contribution in [0.2, 0.25) is 0 Å². The monoisotopic (exact) mass is 512 g/mol. The number of pyridine rings is 1. The number of hydrogen-bond acceptors (Lipinski definition) is 6. The Bertz CT molecular complexity index is 1550. The SMILES string of the molecule is C=CC(=O)Nc1cc(-c2ccc3c(ccc4sc5c(c43)NC[C@@H](C)NC5=O)n2)ccc1OC(F)(F)F. The molecule has 0 unspecified atom stereocenters. The molecule has 2 aromatic heterocycles. The molecule has 1 aliphatic rings. The lowest BCUT2D eigenvalue weighted by Gasteiger charge is -2.15. The van der Waals surface area contributed by atoms with E-state index < -0.39 is 18.0 Å². The maximum Gasteiger partial charge on any atom is 0.573 e. The van der Waals surface area contributed by atoms with Gasteiger partial charge in [-0.1, -0.05) is 6.58 Å². The van der Waals surface area contributed by atoms with E-state index in [-0.39, 0.29) is 17.6 Å². The Labute approximate surface area is 207 Å². The van der Waals surface area contributed by atoms with Crippen molar-refractivity contribution < 1.29 is 27.5 Å². The highest BCUT2D eigenvalue weighted by Crippen LogP contribution is 2.41. The molecule has 11 heteroatoms. The number of carbonyl (C=O) groups is 2. The Morgan fingerprint density at radius 1 is 1.25 bits per heavy atom. The van der Waals surface area contributed by atoms with Crippen LogP contribution >= 0.6 is 11.3 Å². The van der Waals surface area contributed by atoms with Gasteiger partial charge in [-0.2, -0.15) is 0 Å². The topological polar surface area (TPSA) is 92.4 Å². The van der Waals surface area contributed by atoms with Crippen LogP contribution in [0.5, 0.6) is 5.75 Å². The second-order valence-electron chi connectivity index (χ2n) is 8.22. The van der Waals surface area contributed by atoms with E-state index in [1.807, 2.05) is 25.1 Å². The fourth-order valence-electron chi connectivity index (χ4n) is 4.07. The fourth-order valence-corrected chi connectivity index (χ4v) is 5.17. The van der Waals surface area contributed by atoms with Gasteiger partial charge in [-0.15, -0.1) is 24.5 Å². The predicted octanol–water partition coefficient (Wildman–Crippen LogP) is 5.68. The highest BCUT2D eigenvalue weighted by Gasteiger charge is 2.32. The quantitative estimate of drug-likeness (QED) is 0.306. The molecule has 1 atom stereocenters. The van der Waals surface area contributed by atoms with Crippen molar-refractivity contribution in [1.29, 1.82) is 0 Å². The molecule has 0 bridgehead atoms. The first-order chi connectivity index (χ1) is 17.1. The number of carbonyl (C=O) groups excluding carboxylic acids is 2. The number of fused-ring (bicyclic) bond motifs is 5. The molecular formula is C25H19F3N4O3S. The summed E-state index contributed by atoms with van der Waals surface area (Å²) in [6, 6.07) is 11.2. The van der Waals surface area contributed by atoms with Gasteiger partial charge in [0.1, 0.15) is 4.88 Å². The molecule has 1 aliphatic heterocycles. The summed E-state index contributed by atoms with van der Waals surface area (Å²) in [4.78, 5) is 29.7. The van der Waals surface area contributed by atoms with Crippen LogP contribution in [0.1, 0.15) is 16.6 Å². The largest absolute Gasteiger partial charge is 0.573 e. The number of ether oxygens (including phenoxy) is 1. The standard InChI is InChI=1S/C25H19F3N4O3S/c1-3-20(33)32-17-10-13(4-8-18(17)35-25(26,27)28)15-6-5-14-16(31-15)7-9-19-21(14)22-23(36-19)24(34)30-12(2)11-29-22/h3-10,12,29H,1,11H2,2H3,(H,30,34)(H,32,33)/t12-/m1/s1. The minimum absolute atomic E-state index is 0.0214. The van der Waals surface area contributed by atoms with Gasteiger partial charge in [0, 0.05) is 33.6 Å². The highest BCUT2D eigenvalue weighted by atomic mass is 32.1. The fraction of sp³-hybridized carbons (Fsp3) is 0.160. The lowest BCUT2D eigenvalue weighted by molar-refractivity contribution is -0.274. The summed E-state index contributed by atoms with van der Waals surface area (Å²) in [6.07, 6.45) is -3.98.